The number of nitrogens with zero attached hydrogens (tertiary/aromatic N) is 4. The molecule has 0 amide bonds. The van der Waals surface area contributed by atoms with E-state index in [-0.39, 0.29) is 17.5 Å². The van der Waals surface area contributed by atoms with Crippen molar-refractivity contribution in [2.45, 2.75) is 44.2 Å². The number of nitrogen functional groups attached to an aromatic ring is 1. The maximum atomic E-state index is 10.7. The first-order valence-corrected chi connectivity index (χ1v) is 7.41. The lowest BCUT2D eigenvalue weighted by Crippen LogP contribution is -2.33. The van der Waals surface area contributed by atoms with Gasteiger partial charge in [0.15, 0.2) is 0 Å². The lowest BCUT2D eigenvalue weighted by Gasteiger charge is -2.23. The first kappa shape index (κ1) is 14.0. The van der Waals surface area contributed by atoms with Gasteiger partial charge in [-0.1, -0.05) is 12.8 Å². The molecule has 2 fully saturated rings. The van der Waals surface area contributed by atoms with Crippen LogP contribution in [0.2, 0.25) is 0 Å². The zero-order valence-electron chi connectivity index (χ0n) is 11.9. The highest BCUT2D eigenvalue weighted by Crippen LogP contribution is 2.27. The van der Waals surface area contributed by atoms with Gasteiger partial charge >= 0.3 is 5.69 Å². The van der Waals surface area contributed by atoms with Crippen LogP contribution in [0, 0.1) is 10.1 Å². The molecule has 8 heteroatoms. The molecule has 1 aliphatic carbocycles. The normalized spacial score (nSPS) is 23.5. The molecule has 0 radical (unpaired) electrons. The van der Waals surface area contributed by atoms with Crippen molar-refractivity contribution in [1.29, 1.82) is 0 Å². The van der Waals surface area contributed by atoms with Gasteiger partial charge in [-0.15, -0.1) is 0 Å². The predicted molar refractivity (Wildman–Crippen MR) is 79.0 cm³/mol. The Morgan fingerprint density at radius 2 is 2.14 bits per heavy atom. The van der Waals surface area contributed by atoms with Crippen LogP contribution in [0.4, 0.5) is 17.5 Å². The van der Waals surface area contributed by atoms with Crippen molar-refractivity contribution in [2.24, 2.45) is 0 Å². The van der Waals surface area contributed by atoms with Crippen LogP contribution in [-0.2, 0) is 0 Å². The summed E-state index contributed by atoms with van der Waals surface area (Å²) in [5, 5.41) is 13.9. The summed E-state index contributed by atoms with van der Waals surface area (Å²) in [5.41, 5.74) is 5.33. The molecule has 0 bridgehead atoms. The van der Waals surface area contributed by atoms with Crippen LogP contribution in [0.15, 0.2) is 6.20 Å². The first-order chi connectivity index (χ1) is 10.1. The molecular formula is C13H20N6O2. The number of nitrogens with one attached hydrogen (secondary N) is 1. The lowest BCUT2D eigenvalue weighted by molar-refractivity contribution is -0.384. The second-order valence-electron chi connectivity index (χ2n) is 5.78. The lowest BCUT2D eigenvalue weighted by atomic mass is 10.2. The van der Waals surface area contributed by atoms with E-state index in [0.29, 0.717) is 5.95 Å². The molecule has 0 spiro atoms. The Bertz CT molecular complexity index is 531. The van der Waals surface area contributed by atoms with Crippen LogP contribution in [0.3, 0.4) is 0 Å². The number of nitro groups is 1. The third-order valence-electron chi connectivity index (χ3n) is 4.39. The minimum absolute atomic E-state index is 0.0943. The van der Waals surface area contributed by atoms with Gasteiger partial charge in [-0.25, -0.2) is 4.98 Å². The highest BCUT2D eigenvalue weighted by molar-refractivity contribution is 5.53. The topological polar surface area (TPSA) is 110 Å². The molecule has 8 nitrogen and oxygen atoms in total. The van der Waals surface area contributed by atoms with E-state index < -0.39 is 4.92 Å². The van der Waals surface area contributed by atoms with E-state index in [0.717, 1.165) is 31.7 Å². The summed E-state index contributed by atoms with van der Waals surface area (Å²) in [6, 6.07) is 1.01. The Labute approximate surface area is 122 Å². The van der Waals surface area contributed by atoms with E-state index in [1.165, 1.54) is 25.7 Å². The SMILES string of the molecule is Nc1nc(NC2CCN(C3CCCC3)C2)ncc1[N+](=O)[O-]. The van der Waals surface area contributed by atoms with Crippen LogP contribution in [0.5, 0.6) is 0 Å². The van der Waals surface area contributed by atoms with Crippen LogP contribution in [0.25, 0.3) is 0 Å². The molecule has 1 unspecified atom stereocenters. The van der Waals surface area contributed by atoms with Crippen LogP contribution < -0.4 is 11.1 Å². The average Bonchev–Trinajstić information content (AvgIpc) is 3.08. The molecule has 1 saturated heterocycles. The standard InChI is InChI=1S/C13H20N6O2/c14-12-11(19(20)21)7-15-13(17-12)16-9-5-6-18(8-9)10-3-1-2-4-10/h7,9-10H,1-6,8H2,(H3,14,15,16,17). The zero-order chi connectivity index (χ0) is 14.8. The summed E-state index contributed by atoms with van der Waals surface area (Å²) < 4.78 is 0. The Hall–Kier alpha value is -1.96. The quantitative estimate of drug-likeness (QED) is 0.637. The van der Waals surface area contributed by atoms with Gasteiger partial charge in [0.2, 0.25) is 11.8 Å². The van der Waals surface area contributed by atoms with Crippen molar-refractivity contribution in [3.8, 4) is 0 Å². The molecule has 0 aromatic carbocycles. The van der Waals surface area contributed by atoms with Crippen molar-refractivity contribution < 1.29 is 4.92 Å². The van der Waals surface area contributed by atoms with Gasteiger partial charge < -0.3 is 11.1 Å². The Kier molecular flexibility index (Phi) is 3.87. The minimum Gasteiger partial charge on any atom is -0.378 e. The zero-order valence-corrected chi connectivity index (χ0v) is 11.9. The summed E-state index contributed by atoms with van der Waals surface area (Å²) in [7, 11) is 0. The molecule has 21 heavy (non-hydrogen) atoms. The summed E-state index contributed by atoms with van der Waals surface area (Å²) in [4.78, 5) is 20.6. The summed E-state index contributed by atoms with van der Waals surface area (Å²) in [6.07, 6.45) is 7.47. The fraction of sp³-hybridized carbons (Fsp3) is 0.692. The van der Waals surface area contributed by atoms with Gasteiger partial charge in [0.1, 0.15) is 6.20 Å². The number of anilines is 2. The second kappa shape index (κ2) is 5.80. The average molecular weight is 292 g/mol. The molecule has 1 atom stereocenters. The molecule has 3 rings (SSSR count). The second-order valence-corrected chi connectivity index (χ2v) is 5.78. The van der Waals surface area contributed by atoms with Gasteiger partial charge in [0, 0.05) is 25.2 Å². The maximum absolute atomic E-state index is 10.7. The van der Waals surface area contributed by atoms with Gasteiger partial charge in [0.05, 0.1) is 4.92 Å². The third-order valence-corrected chi connectivity index (χ3v) is 4.39. The summed E-state index contributed by atoms with van der Waals surface area (Å²) >= 11 is 0. The summed E-state index contributed by atoms with van der Waals surface area (Å²) in [6.45, 7) is 2.07. The van der Waals surface area contributed by atoms with Crippen molar-refractivity contribution in [3.63, 3.8) is 0 Å². The number of hydrogen-bond acceptors (Lipinski definition) is 7. The highest BCUT2D eigenvalue weighted by atomic mass is 16.6. The molecule has 1 saturated carbocycles. The number of hydrogen-bond donors (Lipinski definition) is 2. The molecule has 114 valence electrons. The van der Waals surface area contributed by atoms with Gasteiger partial charge in [-0.05, 0) is 19.3 Å². The number of nitrogens with two attached hydrogens (primary N) is 1. The van der Waals surface area contributed by atoms with Gasteiger partial charge in [0.25, 0.3) is 0 Å². The molecule has 3 N–H and O–H groups in total. The van der Waals surface area contributed by atoms with E-state index in [1.807, 2.05) is 0 Å². The fourth-order valence-electron chi connectivity index (χ4n) is 3.29. The monoisotopic (exact) mass is 292 g/mol. The number of aromatic nitrogens is 2. The third kappa shape index (κ3) is 3.05. The summed E-state index contributed by atoms with van der Waals surface area (Å²) in [5.74, 6) is 0.277. The number of rotatable bonds is 4. The molecule has 2 aliphatic rings. The van der Waals surface area contributed by atoms with Crippen molar-refractivity contribution in [3.05, 3.63) is 16.3 Å². The number of likely N-dealkylation sites (tertiary alicyclic amines) is 1. The van der Waals surface area contributed by atoms with E-state index in [2.05, 4.69) is 20.2 Å². The maximum Gasteiger partial charge on any atom is 0.329 e. The van der Waals surface area contributed by atoms with Crippen LogP contribution in [0.1, 0.15) is 32.1 Å². The largest absolute Gasteiger partial charge is 0.378 e. The first-order valence-electron chi connectivity index (χ1n) is 7.41. The fourth-order valence-corrected chi connectivity index (χ4v) is 3.29. The molecule has 2 heterocycles. The van der Waals surface area contributed by atoms with E-state index in [9.17, 15) is 10.1 Å². The molecular weight excluding hydrogens is 272 g/mol. The Morgan fingerprint density at radius 1 is 1.38 bits per heavy atom. The van der Waals surface area contributed by atoms with Crippen molar-refractivity contribution in [2.75, 3.05) is 24.1 Å². The molecule has 1 aliphatic heterocycles. The van der Waals surface area contributed by atoms with Crippen LogP contribution in [-0.4, -0.2) is 45.0 Å². The Balaban J connectivity index is 1.60. The Morgan fingerprint density at radius 3 is 2.81 bits per heavy atom. The molecule has 1 aromatic rings. The van der Waals surface area contributed by atoms with E-state index in [1.54, 1.807) is 0 Å². The smallest absolute Gasteiger partial charge is 0.329 e. The predicted octanol–water partition coefficient (Wildman–Crippen LogP) is 1.40. The van der Waals surface area contributed by atoms with Crippen molar-refractivity contribution >= 4 is 17.5 Å². The van der Waals surface area contributed by atoms with Crippen molar-refractivity contribution in [1.82, 2.24) is 14.9 Å². The van der Waals surface area contributed by atoms with E-state index in [4.69, 9.17) is 5.73 Å². The minimum atomic E-state index is -0.573. The molecule has 1 aromatic heterocycles. The van der Waals surface area contributed by atoms with Gasteiger partial charge in [-0.2, -0.15) is 4.98 Å². The highest BCUT2D eigenvalue weighted by Gasteiger charge is 2.30. The van der Waals surface area contributed by atoms with E-state index >= 15 is 0 Å². The van der Waals surface area contributed by atoms with Crippen LogP contribution >= 0.6 is 0 Å². The van der Waals surface area contributed by atoms with Gasteiger partial charge in [-0.3, -0.25) is 15.0 Å².